The first-order chi connectivity index (χ1) is 38.5. The minimum atomic E-state index is -0.797. The van der Waals surface area contributed by atoms with Gasteiger partial charge in [-0.05, 0) is 128 Å². The molecular weight excluding hydrogens is 961 g/mol. The molecular formula is C72H122O6. The van der Waals surface area contributed by atoms with Crippen molar-refractivity contribution in [2.24, 2.45) is 0 Å². The minimum Gasteiger partial charge on any atom is -0.462 e. The van der Waals surface area contributed by atoms with Gasteiger partial charge < -0.3 is 14.2 Å². The highest BCUT2D eigenvalue weighted by atomic mass is 16.6. The molecule has 446 valence electrons. The molecule has 0 saturated carbocycles. The van der Waals surface area contributed by atoms with E-state index in [4.69, 9.17) is 14.2 Å². The normalized spacial score (nSPS) is 12.8. The van der Waals surface area contributed by atoms with E-state index in [-0.39, 0.29) is 31.1 Å². The maximum atomic E-state index is 12.9. The number of unbranched alkanes of at least 4 members (excludes halogenated alkanes) is 30. The van der Waals surface area contributed by atoms with Gasteiger partial charge in [-0.3, -0.25) is 14.4 Å². The topological polar surface area (TPSA) is 78.9 Å². The Bertz CT molecular complexity index is 1570. The third-order valence-electron chi connectivity index (χ3n) is 14.0. The zero-order valence-electron chi connectivity index (χ0n) is 51.2. The Morgan fingerprint density at radius 2 is 0.500 bits per heavy atom. The van der Waals surface area contributed by atoms with E-state index in [9.17, 15) is 14.4 Å². The Balaban J connectivity index is 4.39. The van der Waals surface area contributed by atoms with Gasteiger partial charge in [-0.15, -0.1) is 0 Å². The van der Waals surface area contributed by atoms with E-state index in [1.54, 1.807) is 0 Å². The highest BCUT2D eigenvalue weighted by Crippen LogP contribution is 2.15. The van der Waals surface area contributed by atoms with Crippen LogP contribution in [0.3, 0.4) is 0 Å². The summed E-state index contributed by atoms with van der Waals surface area (Å²) >= 11 is 0. The Morgan fingerprint density at radius 3 is 0.795 bits per heavy atom. The van der Waals surface area contributed by atoms with Crippen LogP contribution in [0.5, 0.6) is 0 Å². The van der Waals surface area contributed by atoms with Crippen LogP contribution >= 0.6 is 0 Å². The monoisotopic (exact) mass is 1080 g/mol. The summed E-state index contributed by atoms with van der Waals surface area (Å²) in [6.07, 6.45) is 89.5. The minimum absolute atomic E-state index is 0.0912. The van der Waals surface area contributed by atoms with Gasteiger partial charge in [0.25, 0.3) is 0 Å². The van der Waals surface area contributed by atoms with Gasteiger partial charge in [0.1, 0.15) is 13.2 Å². The fraction of sp³-hybridized carbons (Fsp3) is 0.708. The fourth-order valence-corrected chi connectivity index (χ4v) is 9.06. The molecule has 1 unspecified atom stereocenters. The molecule has 0 bridgehead atoms. The first kappa shape index (κ1) is 74.1. The summed E-state index contributed by atoms with van der Waals surface area (Å²) in [6, 6.07) is 0. The number of hydrogen-bond acceptors (Lipinski definition) is 6. The Labute approximate surface area is 482 Å². The van der Waals surface area contributed by atoms with Crippen LogP contribution in [-0.2, 0) is 28.6 Å². The summed E-state index contributed by atoms with van der Waals surface area (Å²) in [6.45, 7) is 6.50. The Kier molecular flexibility index (Phi) is 62.3. The molecule has 0 aliphatic carbocycles. The largest absolute Gasteiger partial charge is 0.462 e. The quantitative estimate of drug-likeness (QED) is 0.0261. The highest BCUT2D eigenvalue weighted by Gasteiger charge is 2.19. The summed E-state index contributed by atoms with van der Waals surface area (Å²) in [5.74, 6) is -0.915. The smallest absolute Gasteiger partial charge is 0.306 e. The lowest BCUT2D eigenvalue weighted by Crippen LogP contribution is -2.30. The zero-order valence-corrected chi connectivity index (χ0v) is 51.2. The highest BCUT2D eigenvalue weighted by molar-refractivity contribution is 5.71. The first-order valence-corrected chi connectivity index (χ1v) is 32.9. The molecule has 6 nitrogen and oxygen atoms in total. The van der Waals surface area contributed by atoms with Crippen LogP contribution in [-0.4, -0.2) is 37.2 Å². The maximum absolute atomic E-state index is 12.9. The van der Waals surface area contributed by atoms with Crippen molar-refractivity contribution < 1.29 is 28.6 Å². The maximum Gasteiger partial charge on any atom is 0.306 e. The van der Waals surface area contributed by atoms with Crippen molar-refractivity contribution in [3.8, 4) is 0 Å². The molecule has 6 heteroatoms. The second-order valence-electron chi connectivity index (χ2n) is 21.6. The van der Waals surface area contributed by atoms with E-state index < -0.39 is 6.10 Å². The van der Waals surface area contributed by atoms with Crippen molar-refractivity contribution in [1.29, 1.82) is 0 Å². The number of allylic oxidation sites excluding steroid dienone is 18. The van der Waals surface area contributed by atoms with E-state index in [1.165, 1.54) is 141 Å². The number of esters is 3. The van der Waals surface area contributed by atoms with Crippen molar-refractivity contribution in [2.45, 2.75) is 316 Å². The van der Waals surface area contributed by atoms with Gasteiger partial charge in [0.05, 0.1) is 0 Å². The van der Waals surface area contributed by atoms with Gasteiger partial charge >= 0.3 is 17.9 Å². The van der Waals surface area contributed by atoms with Crippen LogP contribution in [0.1, 0.15) is 310 Å². The van der Waals surface area contributed by atoms with Gasteiger partial charge in [-0.1, -0.05) is 271 Å². The van der Waals surface area contributed by atoms with Crippen molar-refractivity contribution >= 4 is 17.9 Å². The molecule has 0 aromatic heterocycles. The van der Waals surface area contributed by atoms with Crippen LogP contribution in [0.2, 0.25) is 0 Å². The number of carbonyl (C=O) groups excluding carboxylic acids is 3. The van der Waals surface area contributed by atoms with Crippen LogP contribution < -0.4 is 0 Å². The van der Waals surface area contributed by atoms with E-state index in [0.29, 0.717) is 19.3 Å². The van der Waals surface area contributed by atoms with Gasteiger partial charge in [0.2, 0.25) is 0 Å². The van der Waals surface area contributed by atoms with Gasteiger partial charge in [-0.2, -0.15) is 0 Å². The summed E-state index contributed by atoms with van der Waals surface area (Å²) in [5.41, 5.74) is 0. The van der Waals surface area contributed by atoms with Crippen LogP contribution in [0.25, 0.3) is 0 Å². The van der Waals surface area contributed by atoms with Crippen molar-refractivity contribution in [3.63, 3.8) is 0 Å². The molecule has 0 heterocycles. The molecule has 0 radical (unpaired) electrons. The third kappa shape index (κ3) is 62.9. The van der Waals surface area contributed by atoms with Gasteiger partial charge in [-0.25, -0.2) is 0 Å². The summed E-state index contributed by atoms with van der Waals surface area (Å²) in [4.78, 5) is 38.4. The van der Waals surface area contributed by atoms with Crippen molar-refractivity contribution in [3.05, 3.63) is 109 Å². The predicted octanol–water partition coefficient (Wildman–Crippen LogP) is 22.6. The molecule has 0 amide bonds. The average molecular weight is 1080 g/mol. The SMILES string of the molecule is CC/C=C\C/C=C\C/C=C\C/C=C\C/C=C\CCCCCCCC(=O)OC(COC(=O)CCCCCCC/C=C\CCCCCCC)COC(=O)CCCCCCCCCCCC/C=C\C/C=C\C/C=C\CCCCCCC. The number of ether oxygens (including phenoxy) is 3. The molecule has 0 aliphatic heterocycles. The third-order valence-corrected chi connectivity index (χ3v) is 14.0. The molecule has 0 N–H and O–H groups in total. The Hall–Kier alpha value is -3.93. The van der Waals surface area contributed by atoms with E-state index in [0.717, 1.165) is 128 Å². The molecule has 0 aromatic carbocycles. The molecule has 0 rings (SSSR count). The molecule has 0 fully saturated rings. The Morgan fingerprint density at radius 1 is 0.269 bits per heavy atom. The molecule has 0 saturated heterocycles. The number of hydrogen-bond donors (Lipinski definition) is 0. The molecule has 0 aliphatic rings. The standard InChI is InChI=1S/C72H122O6/c1-4-7-10-13-16-19-22-25-28-30-32-34-35-36-37-39-40-42-44-47-50-53-56-59-62-65-71(74)77-68-69(67-76-70(73)64-61-58-55-52-49-46-27-24-21-18-15-12-9-6-3)78-72(75)66-63-60-57-54-51-48-45-43-41-38-33-31-29-26-23-20-17-14-11-8-5-2/h8,11,17,20,22,24-27,29-30,32-33,35-36,38,43,45,69H,4-7,9-10,12-16,18-19,21,23,28,31,34,37,39-42,44,46-68H2,1-3H3/b11-8-,20-17-,25-22-,27-24-,29-26-,32-30-,36-35-,38-33-,45-43-. The zero-order chi connectivity index (χ0) is 56.4. The molecule has 0 spiro atoms. The number of rotatable bonds is 59. The second-order valence-corrected chi connectivity index (χ2v) is 21.6. The van der Waals surface area contributed by atoms with Crippen LogP contribution in [0.4, 0.5) is 0 Å². The average Bonchev–Trinajstić information content (AvgIpc) is 3.44. The summed E-state index contributed by atoms with van der Waals surface area (Å²) in [5, 5.41) is 0. The predicted molar refractivity (Wildman–Crippen MR) is 339 cm³/mol. The molecule has 1 atom stereocenters. The lowest BCUT2D eigenvalue weighted by molar-refractivity contribution is -0.167. The summed E-state index contributed by atoms with van der Waals surface area (Å²) < 4.78 is 16.9. The van der Waals surface area contributed by atoms with E-state index in [1.807, 2.05) is 0 Å². The van der Waals surface area contributed by atoms with E-state index >= 15 is 0 Å². The first-order valence-electron chi connectivity index (χ1n) is 32.9. The van der Waals surface area contributed by atoms with Crippen LogP contribution in [0, 0.1) is 0 Å². The van der Waals surface area contributed by atoms with Crippen molar-refractivity contribution in [2.75, 3.05) is 13.2 Å². The van der Waals surface area contributed by atoms with E-state index in [2.05, 4.69) is 130 Å². The fourth-order valence-electron chi connectivity index (χ4n) is 9.06. The van der Waals surface area contributed by atoms with Gasteiger partial charge in [0.15, 0.2) is 6.10 Å². The number of carbonyl (C=O) groups is 3. The lowest BCUT2D eigenvalue weighted by Gasteiger charge is -2.18. The summed E-state index contributed by atoms with van der Waals surface area (Å²) in [7, 11) is 0. The second kappa shape index (κ2) is 65.6. The molecule has 0 aromatic rings. The molecule has 78 heavy (non-hydrogen) atoms. The van der Waals surface area contributed by atoms with Crippen LogP contribution in [0.15, 0.2) is 109 Å². The van der Waals surface area contributed by atoms with Crippen molar-refractivity contribution in [1.82, 2.24) is 0 Å². The van der Waals surface area contributed by atoms with Gasteiger partial charge in [0, 0.05) is 19.3 Å². The lowest BCUT2D eigenvalue weighted by atomic mass is 10.1.